The molecule has 0 spiro atoms. The van der Waals surface area contributed by atoms with Gasteiger partial charge in [-0.15, -0.1) is 0 Å². The van der Waals surface area contributed by atoms with Gasteiger partial charge < -0.3 is 14.5 Å². The molecule has 1 heterocycles. The summed E-state index contributed by atoms with van der Waals surface area (Å²) in [6.45, 7) is 3.91. The number of ether oxygens (including phenoxy) is 2. The van der Waals surface area contributed by atoms with Gasteiger partial charge in [0, 0.05) is 30.1 Å². The minimum Gasteiger partial charge on any atom is -0.493 e. The van der Waals surface area contributed by atoms with Crippen LogP contribution in [-0.4, -0.2) is 31.9 Å². The number of nitrogens with zero attached hydrogens (tertiary/aromatic N) is 1. The van der Waals surface area contributed by atoms with E-state index in [9.17, 15) is 13.2 Å². The first-order valence-electron chi connectivity index (χ1n) is 11.1. The molecule has 4 rings (SSSR count). The van der Waals surface area contributed by atoms with Gasteiger partial charge in [0.25, 0.3) is 5.56 Å². The minimum absolute atomic E-state index is 0.0935. The first-order valence-corrected chi connectivity index (χ1v) is 12.6. The number of rotatable bonds is 8. The molecular formula is C27H28N2O5S. The summed E-state index contributed by atoms with van der Waals surface area (Å²) < 4.78 is 39.3. The average Bonchev–Trinajstić information content (AvgIpc) is 2.84. The molecule has 0 radical (unpaired) electrons. The molecule has 1 aromatic heterocycles. The van der Waals surface area contributed by atoms with Gasteiger partial charge in [-0.25, -0.2) is 8.42 Å². The summed E-state index contributed by atoms with van der Waals surface area (Å²) in [5.41, 5.74) is 3.41. The molecule has 0 saturated heterocycles. The number of benzene rings is 3. The molecule has 7 nitrogen and oxygen atoms in total. The number of fused-ring (bicyclic) bond motifs is 1. The maximum Gasteiger partial charge on any atom is 0.252 e. The SMILES string of the molecule is COc1cc2cc(CN(Cc3ccc(C)cc3)S(=O)(=O)c3ccc(C)cc3)c(=O)[nH]c2cc1OC. The molecular weight excluding hydrogens is 464 g/mol. The number of hydrogen-bond acceptors (Lipinski definition) is 5. The van der Waals surface area contributed by atoms with Crippen molar-refractivity contribution in [3.8, 4) is 11.5 Å². The Labute approximate surface area is 205 Å². The number of hydrogen-bond donors (Lipinski definition) is 1. The zero-order chi connectivity index (χ0) is 25.2. The van der Waals surface area contributed by atoms with Crippen LogP contribution in [0, 0.1) is 13.8 Å². The Morgan fingerprint density at radius 3 is 1.97 bits per heavy atom. The molecule has 0 amide bonds. The van der Waals surface area contributed by atoms with Gasteiger partial charge in [-0.1, -0.05) is 47.5 Å². The molecule has 182 valence electrons. The van der Waals surface area contributed by atoms with Crippen molar-refractivity contribution in [2.75, 3.05) is 14.2 Å². The summed E-state index contributed by atoms with van der Waals surface area (Å²) in [5.74, 6) is 1.01. The fourth-order valence-electron chi connectivity index (χ4n) is 3.87. The first kappa shape index (κ1) is 24.5. The van der Waals surface area contributed by atoms with Crippen molar-refractivity contribution in [1.29, 1.82) is 0 Å². The van der Waals surface area contributed by atoms with Crippen molar-refractivity contribution < 1.29 is 17.9 Å². The number of methoxy groups -OCH3 is 2. The Kier molecular flexibility index (Phi) is 6.95. The lowest BCUT2D eigenvalue weighted by Crippen LogP contribution is -2.32. The molecule has 0 saturated carbocycles. The molecule has 0 fully saturated rings. The van der Waals surface area contributed by atoms with Crippen LogP contribution < -0.4 is 15.0 Å². The van der Waals surface area contributed by atoms with Crippen LogP contribution in [0.5, 0.6) is 11.5 Å². The second-order valence-electron chi connectivity index (χ2n) is 8.49. The zero-order valence-corrected chi connectivity index (χ0v) is 21.0. The molecule has 0 unspecified atom stereocenters. The van der Waals surface area contributed by atoms with Gasteiger partial charge in [-0.3, -0.25) is 4.79 Å². The predicted molar refractivity (Wildman–Crippen MR) is 136 cm³/mol. The van der Waals surface area contributed by atoms with Crippen molar-refractivity contribution >= 4 is 20.9 Å². The van der Waals surface area contributed by atoms with E-state index >= 15 is 0 Å². The summed E-state index contributed by atoms with van der Waals surface area (Å²) in [6.07, 6.45) is 0. The standard InChI is InChI=1S/C27H28N2O5S/c1-18-5-9-20(10-6-18)16-29(35(31,32)23-11-7-19(2)8-12-23)17-22-13-21-14-25(33-3)26(34-4)15-24(21)28-27(22)30/h5-15H,16-17H2,1-4H3,(H,28,30). The number of nitrogens with one attached hydrogen (secondary N) is 1. The third kappa shape index (κ3) is 5.23. The average molecular weight is 493 g/mol. The molecule has 0 atom stereocenters. The molecule has 1 N–H and O–H groups in total. The Balaban J connectivity index is 1.78. The molecule has 3 aromatic carbocycles. The summed E-state index contributed by atoms with van der Waals surface area (Å²) in [4.78, 5) is 16.0. The van der Waals surface area contributed by atoms with E-state index in [1.807, 2.05) is 38.1 Å². The van der Waals surface area contributed by atoms with Gasteiger partial charge in [-0.05, 0) is 43.7 Å². The van der Waals surface area contributed by atoms with E-state index in [1.165, 1.54) is 18.5 Å². The Morgan fingerprint density at radius 2 is 1.37 bits per heavy atom. The third-order valence-electron chi connectivity index (χ3n) is 5.91. The molecule has 35 heavy (non-hydrogen) atoms. The fraction of sp³-hybridized carbons (Fsp3) is 0.222. The highest BCUT2D eigenvalue weighted by molar-refractivity contribution is 7.89. The second kappa shape index (κ2) is 9.93. The van der Waals surface area contributed by atoms with E-state index in [0.29, 0.717) is 28.0 Å². The third-order valence-corrected chi connectivity index (χ3v) is 7.72. The lowest BCUT2D eigenvalue weighted by Gasteiger charge is -2.23. The number of aromatic nitrogens is 1. The van der Waals surface area contributed by atoms with E-state index in [0.717, 1.165) is 16.7 Å². The molecule has 0 aliphatic carbocycles. The Morgan fingerprint density at radius 1 is 0.800 bits per heavy atom. The normalized spacial score (nSPS) is 11.7. The quantitative estimate of drug-likeness (QED) is 0.390. The summed E-state index contributed by atoms with van der Waals surface area (Å²) in [7, 11) is -0.824. The second-order valence-corrected chi connectivity index (χ2v) is 10.4. The van der Waals surface area contributed by atoms with Crippen LogP contribution in [0.3, 0.4) is 0 Å². The summed E-state index contributed by atoms with van der Waals surface area (Å²) in [5, 5.41) is 0.709. The first-order chi connectivity index (χ1) is 16.7. The molecule has 0 aliphatic rings. The highest BCUT2D eigenvalue weighted by atomic mass is 32.2. The van der Waals surface area contributed by atoms with E-state index in [1.54, 1.807) is 42.5 Å². The van der Waals surface area contributed by atoms with E-state index in [2.05, 4.69) is 4.98 Å². The van der Waals surface area contributed by atoms with Crippen LogP contribution in [0.4, 0.5) is 0 Å². The van der Waals surface area contributed by atoms with Crippen molar-refractivity contribution in [2.45, 2.75) is 31.8 Å². The van der Waals surface area contributed by atoms with Gasteiger partial charge in [0.05, 0.1) is 24.6 Å². The number of sulfonamides is 1. The fourth-order valence-corrected chi connectivity index (χ4v) is 5.27. The molecule has 4 aromatic rings. The van der Waals surface area contributed by atoms with Crippen LogP contribution in [0.2, 0.25) is 0 Å². The summed E-state index contributed by atoms with van der Waals surface area (Å²) >= 11 is 0. The van der Waals surface area contributed by atoms with Crippen molar-refractivity contribution in [3.63, 3.8) is 0 Å². The maximum atomic E-state index is 13.7. The molecule has 0 aliphatic heterocycles. The van der Waals surface area contributed by atoms with E-state index in [4.69, 9.17) is 9.47 Å². The number of pyridine rings is 1. The highest BCUT2D eigenvalue weighted by Gasteiger charge is 2.26. The molecule has 8 heteroatoms. The maximum absolute atomic E-state index is 13.7. The van der Waals surface area contributed by atoms with Crippen LogP contribution in [0.15, 0.2) is 76.4 Å². The number of H-pyrrole nitrogens is 1. The van der Waals surface area contributed by atoms with E-state index in [-0.39, 0.29) is 23.5 Å². The lowest BCUT2D eigenvalue weighted by atomic mass is 10.1. The Bertz CT molecular complexity index is 1510. The zero-order valence-electron chi connectivity index (χ0n) is 20.2. The molecule has 0 bridgehead atoms. The monoisotopic (exact) mass is 492 g/mol. The van der Waals surface area contributed by atoms with Crippen LogP contribution in [0.1, 0.15) is 22.3 Å². The van der Waals surface area contributed by atoms with Crippen molar-refractivity contribution in [3.05, 3.63) is 99.3 Å². The number of aryl methyl sites for hydroxylation is 2. The van der Waals surface area contributed by atoms with Gasteiger partial charge in [0.15, 0.2) is 11.5 Å². The van der Waals surface area contributed by atoms with Crippen molar-refractivity contribution in [1.82, 2.24) is 9.29 Å². The van der Waals surface area contributed by atoms with E-state index < -0.39 is 10.0 Å². The lowest BCUT2D eigenvalue weighted by molar-refractivity contribution is 0.355. The van der Waals surface area contributed by atoms with Crippen molar-refractivity contribution in [2.24, 2.45) is 0 Å². The van der Waals surface area contributed by atoms with Gasteiger partial charge in [0.1, 0.15) is 0 Å². The van der Waals surface area contributed by atoms with Crippen LogP contribution >= 0.6 is 0 Å². The van der Waals surface area contributed by atoms with Gasteiger partial charge in [0.2, 0.25) is 10.0 Å². The topological polar surface area (TPSA) is 88.7 Å². The van der Waals surface area contributed by atoms with Gasteiger partial charge in [-0.2, -0.15) is 4.31 Å². The number of aromatic amines is 1. The smallest absolute Gasteiger partial charge is 0.252 e. The van der Waals surface area contributed by atoms with Crippen LogP contribution in [-0.2, 0) is 23.1 Å². The van der Waals surface area contributed by atoms with Gasteiger partial charge >= 0.3 is 0 Å². The Hall–Kier alpha value is -3.62. The van der Waals surface area contributed by atoms with Crippen LogP contribution in [0.25, 0.3) is 10.9 Å². The predicted octanol–water partition coefficient (Wildman–Crippen LogP) is 4.55. The highest BCUT2D eigenvalue weighted by Crippen LogP contribution is 2.31. The largest absolute Gasteiger partial charge is 0.493 e. The summed E-state index contributed by atoms with van der Waals surface area (Å²) in [6, 6.07) is 19.5. The minimum atomic E-state index is -3.88.